The molecule has 0 atom stereocenters. The van der Waals surface area contributed by atoms with Crippen LogP contribution in [0, 0.1) is 0 Å². The van der Waals surface area contributed by atoms with E-state index in [9.17, 15) is 4.79 Å². The van der Waals surface area contributed by atoms with Crippen molar-refractivity contribution in [2.24, 2.45) is 0 Å². The van der Waals surface area contributed by atoms with E-state index in [0.717, 1.165) is 19.4 Å². The molecule has 6 heteroatoms. The molecular formula is C11H15N3O3. The maximum atomic E-state index is 10.7. The third kappa shape index (κ3) is 2.91. The summed E-state index contributed by atoms with van der Waals surface area (Å²) in [7, 11) is 0. The molecule has 1 aliphatic carbocycles. The number of nitrogens with zero attached hydrogens (tertiary/aromatic N) is 2. The van der Waals surface area contributed by atoms with Gasteiger partial charge in [0.05, 0.1) is 18.5 Å². The van der Waals surface area contributed by atoms with E-state index in [1.165, 1.54) is 12.4 Å². The first kappa shape index (κ1) is 11.8. The predicted octanol–water partition coefficient (Wildman–Crippen LogP) is 1.15. The average Bonchev–Trinajstić information content (AvgIpc) is 2.27. The highest BCUT2D eigenvalue weighted by molar-refractivity contribution is 5.85. The largest absolute Gasteiger partial charge is 0.476 e. The summed E-state index contributed by atoms with van der Waals surface area (Å²) in [5.41, 5.74) is -0.0457. The Kier molecular flexibility index (Phi) is 3.53. The molecule has 0 amide bonds. The Labute approximate surface area is 99.0 Å². The van der Waals surface area contributed by atoms with E-state index in [1.54, 1.807) is 0 Å². The molecule has 2 N–H and O–H groups in total. The molecule has 1 aliphatic rings. The van der Waals surface area contributed by atoms with Crippen molar-refractivity contribution in [3.63, 3.8) is 0 Å². The van der Waals surface area contributed by atoms with Crippen molar-refractivity contribution in [2.75, 3.05) is 11.9 Å². The number of aromatic carboxylic acids is 1. The summed E-state index contributed by atoms with van der Waals surface area (Å²) in [6, 6.07) is 0.296. The topological polar surface area (TPSA) is 84.3 Å². The van der Waals surface area contributed by atoms with Crippen molar-refractivity contribution in [1.82, 2.24) is 9.97 Å². The Hall–Kier alpha value is -1.69. The van der Waals surface area contributed by atoms with Crippen LogP contribution in [0.4, 0.5) is 5.82 Å². The molecule has 0 spiro atoms. The van der Waals surface area contributed by atoms with Crippen LogP contribution in [0.15, 0.2) is 12.4 Å². The summed E-state index contributed by atoms with van der Waals surface area (Å²) in [5.74, 6) is -0.563. The van der Waals surface area contributed by atoms with Gasteiger partial charge in [0.15, 0.2) is 5.69 Å². The van der Waals surface area contributed by atoms with E-state index < -0.39 is 5.97 Å². The Balaban J connectivity index is 1.88. The molecule has 17 heavy (non-hydrogen) atoms. The van der Waals surface area contributed by atoms with Gasteiger partial charge in [-0.15, -0.1) is 0 Å². The first-order valence-corrected chi connectivity index (χ1v) is 5.62. The van der Waals surface area contributed by atoms with Crippen molar-refractivity contribution in [3.05, 3.63) is 18.1 Å². The van der Waals surface area contributed by atoms with Crippen molar-refractivity contribution >= 4 is 11.8 Å². The number of nitrogens with one attached hydrogen (secondary N) is 1. The zero-order chi connectivity index (χ0) is 12.3. The summed E-state index contributed by atoms with van der Waals surface area (Å²) >= 11 is 0. The lowest BCUT2D eigenvalue weighted by Gasteiger charge is -2.35. The lowest BCUT2D eigenvalue weighted by molar-refractivity contribution is 0.00290. The minimum absolute atomic E-state index is 0.0457. The minimum Gasteiger partial charge on any atom is -0.476 e. The molecule has 0 bridgehead atoms. The fourth-order valence-corrected chi connectivity index (χ4v) is 1.80. The zero-order valence-electron chi connectivity index (χ0n) is 9.59. The molecule has 6 nitrogen and oxygen atoms in total. The van der Waals surface area contributed by atoms with Crippen LogP contribution in [0.3, 0.4) is 0 Å². The highest BCUT2D eigenvalue weighted by Gasteiger charge is 2.29. The molecule has 1 fully saturated rings. The van der Waals surface area contributed by atoms with Gasteiger partial charge >= 0.3 is 5.97 Å². The highest BCUT2D eigenvalue weighted by Crippen LogP contribution is 2.25. The van der Waals surface area contributed by atoms with Crippen LogP contribution in [-0.2, 0) is 4.74 Å². The molecule has 0 radical (unpaired) electrons. The molecular weight excluding hydrogens is 222 g/mol. The number of anilines is 1. The SMILES string of the molecule is CCOC1CC(Nc2cncc(C(=O)O)n2)C1. The lowest BCUT2D eigenvalue weighted by atomic mass is 9.89. The molecule has 0 saturated heterocycles. The van der Waals surface area contributed by atoms with E-state index in [4.69, 9.17) is 9.84 Å². The molecule has 1 aromatic rings. The fraction of sp³-hybridized carbons (Fsp3) is 0.545. The molecule has 1 aromatic heterocycles. The third-order valence-corrected chi connectivity index (χ3v) is 2.70. The van der Waals surface area contributed by atoms with Crippen LogP contribution < -0.4 is 5.32 Å². The number of hydrogen-bond donors (Lipinski definition) is 2. The Bertz CT molecular complexity index is 405. The number of carboxylic acid groups (broad SMARTS) is 1. The fourth-order valence-electron chi connectivity index (χ4n) is 1.80. The van der Waals surface area contributed by atoms with Gasteiger partial charge in [-0.25, -0.2) is 9.78 Å². The van der Waals surface area contributed by atoms with Gasteiger partial charge in [-0.3, -0.25) is 4.98 Å². The smallest absolute Gasteiger partial charge is 0.356 e. The van der Waals surface area contributed by atoms with Gasteiger partial charge in [0, 0.05) is 12.6 Å². The maximum absolute atomic E-state index is 10.7. The molecule has 1 heterocycles. The predicted molar refractivity (Wildman–Crippen MR) is 61.1 cm³/mol. The van der Waals surface area contributed by atoms with Crippen LogP contribution in [-0.4, -0.2) is 39.8 Å². The van der Waals surface area contributed by atoms with Gasteiger partial charge < -0.3 is 15.2 Å². The normalized spacial score (nSPS) is 22.9. The number of rotatable bonds is 5. The zero-order valence-corrected chi connectivity index (χ0v) is 9.59. The van der Waals surface area contributed by atoms with Crippen molar-refractivity contribution in [3.8, 4) is 0 Å². The third-order valence-electron chi connectivity index (χ3n) is 2.70. The first-order chi connectivity index (χ1) is 8.19. The number of aromatic nitrogens is 2. The molecule has 0 aliphatic heterocycles. The van der Waals surface area contributed by atoms with Crippen LogP contribution in [0.5, 0.6) is 0 Å². The Morgan fingerprint density at radius 3 is 3.00 bits per heavy atom. The molecule has 2 rings (SSSR count). The quantitative estimate of drug-likeness (QED) is 0.799. The summed E-state index contributed by atoms with van der Waals surface area (Å²) in [4.78, 5) is 18.5. The van der Waals surface area contributed by atoms with Crippen LogP contribution >= 0.6 is 0 Å². The van der Waals surface area contributed by atoms with Gasteiger partial charge in [-0.1, -0.05) is 0 Å². The lowest BCUT2D eigenvalue weighted by Crippen LogP contribution is -2.41. The van der Waals surface area contributed by atoms with E-state index in [0.29, 0.717) is 18.0 Å². The maximum Gasteiger partial charge on any atom is 0.356 e. The van der Waals surface area contributed by atoms with Gasteiger partial charge in [0.1, 0.15) is 5.82 Å². The van der Waals surface area contributed by atoms with Crippen molar-refractivity contribution in [2.45, 2.75) is 31.9 Å². The molecule has 0 unspecified atom stereocenters. The van der Waals surface area contributed by atoms with Crippen molar-refractivity contribution in [1.29, 1.82) is 0 Å². The number of ether oxygens (including phenoxy) is 1. The number of carbonyl (C=O) groups is 1. The second-order valence-corrected chi connectivity index (χ2v) is 3.98. The van der Waals surface area contributed by atoms with Gasteiger partial charge in [-0.2, -0.15) is 0 Å². The van der Waals surface area contributed by atoms with Gasteiger partial charge in [-0.05, 0) is 19.8 Å². The van der Waals surface area contributed by atoms with Crippen LogP contribution in [0.2, 0.25) is 0 Å². The second kappa shape index (κ2) is 5.09. The van der Waals surface area contributed by atoms with Crippen LogP contribution in [0.1, 0.15) is 30.3 Å². The Morgan fingerprint density at radius 1 is 1.59 bits per heavy atom. The summed E-state index contributed by atoms with van der Waals surface area (Å²) in [6.07, 6.45) is 4.92. The first-order valence-electron chi connectivity index (χ1n) is 5.62. The van der Waals surface area contributed by atoms with Gasteiger partial charge in [0.25, 0.3) is 0 Å². The average molecular weight is 237 g/mol. The second-order valence-electron chi connectivity index (χ2n) is 3.98. The van der Waals surface area contributed by atoms with Crippen molar-refractivity contribution < 1.29 is 14.6 Å². The number of carboxylic acids is 1. The van der Waals surface area contributed by atoms with Crippen LogP contribution in [0.25, 0.3) is 0 Å². The van der Waals surface area contributed by atoms with E-state index in [1.807, 2.05) is 6.92 Å². The van der Waals surface area contributed by atoms with E-state index in [2.05, 4.69) is 15.3 Å². The van der Waals surface area contributed by atoms with E-state index in [-0.39, 0.29) is 5.69 Å². The molecule has 1 saturated carbocycles. The van der Waals surface area contributed by atoms with E-state index >= 15 is 0 Å². The summed E-state index contributed by atoms with van der Waals surface area (Å²) < 4.78 is 5.44. The molecule has 0 aromatic carbocycles. The summed E-state index contributed by atoms with van der Waals surface area (Å²) in [6.45, 7) is 2.70. The summed E-state index contributed by atoms with van der Waals surface area (Å²) in [5, 5.41) is 11.9. The number of hydrogen-bond acceptors (Lipinski definition) is 5. The van der Waals surface area contributed by atoms with Gasteiger partial charge in [0.2, 0.25) is 0 Å². The Morgan fingerprint density at radius 2 is 2.35 bits per heavy atom. The minimum atomic E-state index is -1.07. The monoisotopic (exact) mass is 237 g/mol. The standard InChI is InChI=1S/C11H15N3O3/c1-2-17-8-3-7(4-8)13-10-6-12-5-9(14-10)11(15)16/h5-8H,2-4H2,1H3,(H,13,14)(H,15,16). The molecule has 92 valence electrons. The highest BCUT2D eigenvalue weighted by atomic mass is 16.5.